The molecular weight excluding hydrogens is 228 g/mol. The molecular formula is C15H28O3. The summed E-state index contributed by atoms with van der Waals surface area (Å²) in [4.78, 5) is 11.7. The Hall–Kier alpha value is -0.570. The lowest BCUT2D eigenvalue weighted by Crippen LogP contribution is -2.29. The molecule has 0 aromatic carbocycles. The van der Waals surface area contributed by atoms with Crippen molar-refractivity contribution in [1.82, 2.24) is 0 Å². The average molecular weight is 256 g/mol. The topological polar surface area (TPSA) is 35.5 Å². The third-order valence-corrected chi connectivity index (χ3v) is 4.22. The van der Waals surface area contributed by atoms with E-state index in [1.807, 2.05) is 20.8 Å². The van der Waals surface area contributed by atoms with Gasteiger partial charge in [-0.2, -0.15) is 0 Å². The van der Waals surface area contributed by atoms with Gasteiger partial charge in [0.1, 0.15) is 0 Å². The summed E-state index contributed by atoms with van der Waals surface area (Å²) in [5.74, 6) is -0.168. The molecule has 0 unspecified atom stereocenters. The first kappa shape index (κ1) is 15.5. The molecule has 0 amide bonds. The van der Waals surface area contributed by atoms with Crippen LogP contribution >= 0.6 is 0 Å². The van der Waals surface area contributed by atoms with Gasteiger partial charge in [0.2, 0.25) is 0 Å². The van der Waals surface area contributed by atoms with Gasteiger partial charge < -0.3 is 9.47 Å². The fourth-order valence-corrected chi connectivity index (χ4v) is 2.27. The Labute approximate surface area is 111 Å². The molecule has 1 aliphatic carbocycles. The van der Waals surface area contributed by atoms with E-state index < -0.39 is 5.41 Å². The first-order chi connectivity index (χ1) is 8.40. The summed E-state index contributed by atoms with van der Waals surface area (Å²) < 4.78 is 10.7. The summed E-state index contributed by atoms with van der Waals surface area (Å²) in [5.41, 5.74) is -0.122. The van der Waals surface area contributed by atoms with Gasteiger partial charge in [0, 0.05) is 0 Å². The zero-order valence-corrected chi connectivity index (χ0v) is 12.4. The minimum atomic E-state index is -0.405. The largest absolute Gasteiger partial charge is 0.438 e. The summed E-state index contributed by atoms with van der Waals surface area (Å²) in [5, 5.41) is 0. The first-order valence-corrected chi connectivity index (χ1v) is 7.15. The molecule has 3 nitrogen and oxygen atoms in total. The lowest BCUT2D eigenvalue weighted by atomic mass is 9.76. The Morgan fingerprint density at radius 3 is 2.39 bits per heavy atom. The maximum absolute atomic E-state index is 11.7. The lowest BCUT2D eigenvalue weighted by Gasteiger charge is -2.33. The number of ether oxygens (including phenoxy) is 2. The number of rotatable bonds is 6. The van der Waals surface area contributed by atoms with E-state index in [0.717, 1.165) is 6.42 Å². The zero-order chi connectivity index (χ0) is 13.6. The Kier molecular flexibility index (Phi) is 5.64. The minimum Gasteiger partial charge on any atom is -0.438 e. The fraction of sp³-hybridized carbons (Fsp3) is 0.933. The van der Waals surface area contributed by atoms with Crippen LogP contribution in [0.3, 0.4) is 0 Å². The van der Waals surface area contributed by atoms with Gasteiger partial charge in [-0.1, -0.05) is 33.1 Å². The molecule has 0 N–H and O–H groups in total. The van der Waals surface area contributed by atoms with Crippen LogP contribution in [0.15, 0.2) is 0 Å². The van der Waals surface area contributed by atoms with Gasteiger partial charge in [-0.25, -0.2) is 0 Å². The predicted molar refractivity (Wildman–Crippen MR) is 72.2 cm³/mol. The normalized spacial score (nSPS) is 19.6. The van der Waals surface area contributed by atoms with Crippen molar-refractivity contribution in [3.05, 3.63) is 0 Å². The van der Waals surface area contributed by atoms with Gasteiger partial charge in [0.25, 0.3) is 0 Å². The smallest absolute Gasteiger partial charge is 0.313 e. The molecule has 1 aliphatic rings. The summed E-state index contributed by atoms with van der Waals surface area (Å²) >= 11 is 0. The van der Waals surface area contributed by atoms with Crippen LogP contribution in [-0.4, -0.2) is 19.4 Å². The third-order valence-electron chi connectivity index (χ3n) is 4.22. The van der Waals surface area contributed by atoms with E-state index in [1.54, 1.807) is 0 Å². The molecule has 1 rings (SSSR count). The van der Waals surface area contributed by atoms with Crippen LogP contribution in [0.25, 0.3) is 0 Å². The highest BCUT2D eigenvalue weighted by Crippen LogP contribution is 2.35. The van der Waals surface area contributed by atoms with Crippen molar-refractivity contribution in [2.24, 2.45) is 10.8 Å². The summed E-state index contributed by atoms with van der Waals surface area (Å²) in [7, 11) is 0. The molecule has 106 valence electrons. The van der Waals surface area contributed by atoms with Crippen molar-refractivity contribution in [3.8, 4) is 0 Å². The Bertz CT molecular complexity index is 265. The Morgan fingerprint density at radius 2 is 1.83 bits per heavy atom. The lowest BCUT2D eigenvalue weighted by molar-refractivity contribution is -0.169. The van der Waals surface area contributed by atoms with E-state index >= 15 is 0 Å². The Balaban J connectivity index is 2.20. The van der Waals surface area contributed by atoms with Crippen LogP contribution in [0.4, 0.5) is 0 Å². The van der Waals surface area contributed by atoms with Crippen molar-refractivity contribution in [2.75, 3.05) is 13.4 Å². The van der Waals surface area contributed by atoms with E-state index in [-0.39, 0.29) is 18.2 Å². The Morgan fingerprint density at radius 1 is 1.22 bits per heavy atom. The molecule has 0 radical (unpaired) electrons. The first-order valence-electron chi connectivity index (χ1n) is 7.15. The molecule has 0 aromatic heterocycles. The van der Waals surface area contributed by atoms with Crippen LogP contribution in [0.2, 0.25) is 0 Å². The van der Waals surface area contributed by atoms with Crippen LogP contribution in [0.5, 0.6) is 0 Å². The SMILES string of the molecule is CCC(C)(C)C(=O)OCOCC1(C)CCCCC1. The highest BCUT2D eigenvalue weighted by Gasteiger charge is 2.29. The van der Waals surface area contributed by atoms with Crippen molar-refractivity contribution >= 4 is 5.97 Å². The van der Waals surface area contributed by atoms with Gasteiger partial charge in [-0.3, -0.25) is 4.79 Å². The number of carbonyl (C=O) groups is 1. The molecule has 0 heterocycles. The van der Waals surface area contributed by atoms with Crippen LogP contribution in [0, 0.1) is 10.8 Å². The van der Waals surface area contributed by atoms with E-state index in [1.165, 1.54) is 32.1 Å². The maximum Gasteiger partial charge on any atom is 0.313 e. The molecule has 1 fully saturated rings. The third kappa shape index (κ3) is 4.60. The second-order valence-corrected chi connectivity index (χ2v) is 6.51. The van der Waals surface area contributed by atoms with E-state index in [2.05, 4.69) is 6.92 Å². The van der Waals surface area contributed by atoms with Crippen molar-refractivity contribution in [1.29, 1.82) is 0 Å². The zero-order valence-electron chi connectivity index (χ0n) is 12.4. The minimum absolute atomic E-state index is 0.0951. The molecule has 1 saturated carbocycles. The van der Waals surface area contributed by atoms with Gasteiger partial charge in [-0.15, -0.1) is 0 Å². The molecule has 0 aliphatic heterocycles. The fourth-order valence-electron chi connectivity index (χ4n) is 2.27. The van der Waals surface area contributed by atoms with Gasteiger partial charge in [-0.05, 0) is 38.5 Å². The summed E-state index contributed by atoms with van der Waals surface area (Å²) in [6, 6.07) is 0. The molecule has 0 bridgehead atoms. The van der Waals surface area contributed by atoms with Crippen molar-refractivity contribution in [3.63, 3.8) is 0 Å². The maximum atomic E-state index is 11.7. The second-order valence-electron chi connectivity index (χ2n) is 6.51. The number of esters is 1. The van der Waals surface area contributed by atoms with Gasteiger partial charge in [0.05, 0.1) is 12.0 Å². The van der Waals surface area contributed by atoms with Crippen molar-refractivity contribution < 1.29 is 14.3 Å². The van der Waals surface area contributed by atoms with E-state index in [0.29, 0.717) is 6.61 Å². The monoisotopic (exact) mass is 256 g/mol. The predicted octanol–water partition coefficient (Wildman–Crippen LogP) is 3.91. The average Bonchev–Trinajstić information content (AvgIpc) is 2.35. The van der Waals surface area contributed by atoms with Crippen LogP contribution < -0.4 is 0 Å². The number of carbonyl (C=O) groups excluding carboxylic acids is 1. The molecule has 3 heteroatoms. The number of hydrogen-bond acceptors (Lipinski definition) is 3. The van der Waals surface area contributed by atoms with Crippen LogP contribution in [-0.2, 0) is 14.3 Å². The van der Waals surface area contributed by atoms with Gasteiger partial charge in [0.15, 0.2) is 6.79 Å². The highest BCUT2D eigenvalue weighted by atomic mass is 16.7. The van der Waals surface area contributed by atoms with Crippen LogP contribution in [0.1, 0.15) is 66.2 Å². The molecule has 0 spiro atoms. The highest BCUT2D eigenvalue weighted by molar-refractivity contribution is 5.75. The van der Waals surface area contributed by atoms with Gasteiger partial charge >= 0.3 is 5.97 Å². The second kappa shape index (κ2) is 6.55. The summed E-state index contributed by atoms with van der Waals surface area (Å²) in [6.07, 6.45) is 7.16. The number of hydrogen-bond donors (Lipinski definition) is 0. The molecule has 0 atom stereocenters. The molecule has 18 heavy (non-hydrogen) atoms. The molecule has 0 saturated heterocycles. The van der Waals surface area contributed by atoms with E-state index in [4.69, 9.17) is 9.47 Å². The van der Waals surface area contributed by atoms with Crippen molar-refractivity contribution in [2.45, 2.75) is 66.2 Å². The van der Waals surface area contributed by atoms with E-state index in [9.17, 15) is 4.79 Å². The molecule has 0 aromatic rings. The quantitative estimate of drug-likeness (QED) is 0.410. The standard InChI is InChI=1S/C15H28O3/c1-5-14(2,3)13(16)18-12-17-11-15(4)9-7-6-8-10-15/h5-12H2,1-4H3. The summed E-state index contributed by atoms with van der Waals surface area (Å²) in [6.45, 7) is 8.86.